The molecule has 1 atom stereocenters. The number of aryl methyl sites for hydroxylation is 1. The molecule has 0 saturated carbocycles. The van der Waals surface area contributed by atoms with Gasteiger partial charge in [0.2, 0.25) is 11.8 Å². The number of anilines is 1. The van der Waals surface area contributed by atoms with E-state index in [2.05, 4.69) is 5.32 Å². The van der Waals surface area contributed by atoms with Crippen molar-refractivity contribution in [3.8, 4) is 0 Å². The van der Waals surface area contributed by atoms with Crippen LogP contribution in [-0.4, -0.2) is 44.3 Å². The summed E-state index contributed by atoms with van der Waals surface area (Å²) in [4.78, 5) is 29.8. The summed E-state index contributed by atoms with van der Waals surface area (Å²) in [6, 6.07) is 26.0. The predicted octanol–water partition coefficient (Wildman–Crippen LogP) is 7.56. The van der Waals surface area contributed by atoms with Crippen LogP contribution in [0.4, 0.5) is 5.69 Å². The number of hydrogen-bond donors (Lipinski definition) is 1. The van der Waals surface area contributed by atoms with Gasteiger partial charge in [-0.3, -0.25) is 13.9 Å². The standard InChI is InChI=1S/C35H36Cl3N3O4S/c1-24(2)21-39-35(43)33(20-26-7-5-4-6-8-26)40(22-27-11-18-31(37)32(38)19-27)34(42)23-41(29-14-9-25(3)10-15-29)46(44,45)30-16-12-28(36)13-17-30/h4-19,24,33H,20-23H2,1-3H3,(H,39,43). The number of nitrogens with one attached hydrogen (secondary N) is 1. The van der Waals surface area contributed by atoms with Gasteiger partial charge in [-0.25, -0.2) is 8.42 Å². The summed E-state index contributed by atoms with van der Waals surface area (Å²) in [6.07, 6.45) is 0.201. The number of halogens is 3. The first kappa shape index (κ1) is 35.3. The molecule has 0 heterocycles. The number of nitrogens with zero attached hydrogens (tertiary/aromatic N) is 2. The minimum atomic E-state index is -4.24. The van der Waals surface area contributed by atoms with E-state index in [1.807, 2.05) is 51.1 Å². The zero-order chi connectivity index (χ0) is 33.4. The maximum atomic E-state index is 14.5. The molecular formula is C35H36Cl3N3O4S. The lowest BCUT2D eigenvalue weighted by atomic mass is 10.0. The Morgan fingerprint density at radius 1 is 0.804 bits per heavy atom. The number of hydrogen-bond acceptors (Lipinski definition) is 4. The average molecular weight is 701 g/mol. The van der Waals surface area contributed by atoms with Gasteiger partial charge < -0.3 is 10.2 Å². The third kappa shape index (κ3) is 9.26. The molecule has 0 aliphatic heterocycles. The van der Waals surface area contributed by atoms with Gasteiger partial charge >= 0.3 is 0 Å². The highest BCUT2D eigenvalue weighted by atomic mass is 35.5. The predicted molar refractivity (Wildman–Crippen MR) is 186 cm³/mol. The highest BCUT2D eigenvalue weighted by molar-refractivity contribution is 7.92. The summed E-state index contributed by atoms with van der Waals surface area (Å²) in [7, 11) is -4.24. The first-order valence-electron chi connectivity index (χ1n) is 14.7. The van der Waals surface area contributed by atoms with Crippen LogP contribution in [0.5, 0.6) is 0 Å². The molecule has 0 spiro atoms. The van der Waals surface area contributed by atoms with E-state index in [0.717, 1.165) is 15.4 Å². The van der Waals surface area contributed by atoms with Crippen LogP contribution in [0.15, 0.2) is 102 Å². The average Bonchev–Trinajstić information content (AvgIpc) is 3.03. The van der Waals surface area contributed by atoms with E-state index < -0.39 is 28.5 Å². The van der Waals surface area contributed by atoms with Crippen LogP contribution in [0.1, 0.15) is 30.5 Å². The van der Waals surface area contributed by atoms with Gasteiger partial charge in [-0.05, 0) is 72.5 Å². The quantitative estimate of drug-likeness (QED) is 0.156. The van der Waals surface area contributed by atoms with E-state index in [-0.39, 0.29) is 29.7 Å². The highest BCUT2D eigenvalue weighted by Crippen LogP contribution is 2.28. The lowest BCUT2D eigenvalue weighted by molar-refractivity contribution is -0.140. The smallest absolute Gasteiger partial charge is 0.264 e. The number of carbonyl (C=O) groups is 2. The van der Waals surface area contributed by atoms with Crippen LogP contribution < -0.4 is 9.62 Å². The van der Waals surface area contributed by atoms with Crippen LogP contribution in [0.2, 0.25) is 15.1 Å². The molecule has 11 heteroatoms. The van der Waals surface area contributed by atoms with E-state index in [0.29, 0.717) is 32.9 Å². The molecule has 0 fully saturated rings. The Bertz CT molecular complexity index is 1750. The zero-order valence-corrected chi connectivity index (χ0v) is 28.9. The van der Waals surface area contributed by atoms with E-state index >= 15 is 0 Å². The number of amides is 2. The molecule has 4 aromatic carbocycles. The maximum Gasteiger partial charge on any atom is 0.264 e. The third-order valence-corrected chi connectivity index (χ3v) is 10.1. The molecule has 1 unspecified atom stereocenters. The van der Waals surface area contributed by atoms with Gasteiger partial charge in [0.15, 0.2) is 0 Å². The summed E-state index contributed by atoms with van der Waals surface area (Å²) in [6.45, 7) is 5.65. The van der Waals surface area contributed by atoms with Gasteiger partial charge in [0, 0.05) is 24.5 Å². The lowest BCUT2D eigenvalue weighted by Crippen LogP contribution is -2.53. The minimum absolute atomic E-state index is 0.0228. The van der Waals surface area contributed by atoms with Gasteiger partial charge in [-0.1, -0.05) is 103 Å². The van der Waals surface area contributed by atoms with Gasteiger partial charge in [0.1, 0.15) is 12.6 Å². The van der Waals surface area contributed by atoms with Crippen molar-refractivity contribution in [3.05, 3.63) is 129 Å². The third-order valence-electron chi connectivity index (χ3n) is 7.30. The van der Waals surface area contributed by atoms with E-state index in [1.165, 1.54) is 29.2 Å². The normalized spacial score (nSPS) is 12.1. The Balaban J connectivity index is 1.81. The summed E-state index contributed by atoms with van der Waals surface area (Å²) < 4.78 is 29.3. The van der Waals surface area contributed by atoms with Crippen molar-refractivity contribution < 1.29 is 18.0 Å². The van der Waals surface area contributed by atoms with Crippen LogP contribution in [-0.2, 0) is 32.6 Å². The monoisotopic (exact) mass is 699 g/mol. The van der Waals surface area contributed by atoms with Crippen molar-refractivity contribution in [2.75, 3.05) is 17.4 Å². The molecule has 4 rings (SSSR count). The molecule has 7 nitrogen and oxygen atoms in total. The SMILES string of the molecule is Cc1ccc(N(CC(=O)N(Cc2ccc(Cl)c(Cl)c2)C(Cc2ccccc2)C(=O)NCC(C)C)S(=O)(=O)c2ccc(Cl)cc2)cc1. The second-order valence-electron chi connectivity index (χ2n) is 11.4. The topological polar surface area (TPSA) is 86.8 Å². The van der Waals surface area contributed by atoms with Crippen molar-refractivity contribution in [2.24, 2.45) is 5.92 Å². The van der Waals surface area contributed by atoms with Crippen LogP contribution in [0.25, 0.3) is 0 Å². The van der Waals surface area contributed by atoms with Gasteiger partial charge in [0.25, 0.3) is 10.0 Å². The molecular weight excluding hydrogens is 665 g/mol. The van der Waals surface area contributed by atoms with Crippen LogP contribution in [0, 0.1) is 12.8 Å². The molecule has 0 bridgehead atoms. The van der Waals surface area contributed by atoms with Crippen molar-refractivity contribution in [2.45, 2.75) is 44.7 Å². The van der Waals surface area contributed by atoms with Crippen LogP contribution >= 0.6 is 34.8 Å². The number of rotatable bonds is 13. The fourth-order valence-electron chi connectivity index (χ4n) is 4.78. The molecule has 4 aromatic rings. The summed E-state index contributed by atoms with van der Waals surface area (Å²) in [5, 5.41) is 3.99. The molecule has 0 radical (unpaired) electrons. The fourth-order valence-corrected chi connectivity index (χ4v) is 6.65. The van der Waals surface area contributed by atoms with E-state index in [4.69, 9.17) is 34.8 Å². The Morgan fingerprint density at radius 3 is 2.07 bits per heavy atom. The zero-order valence-electron chi connectivity index (χ0n) is 25.8. The molecule has 242 valence electrons. The van der Waals surface area contributed by atoms with Crippen molar-refractivity contribution in [1.82, 2.24) is 10.2 Å². The molecule has 0 aliphatic rings. The number of sulfonamides is 1. The van der Waals surface area contributed by atoms with Crippen LogP contribution in [0.3, 0.4) is 0 Å². The van der Waals surface area contributed by atoms with Gasteiger partial charge in [-0.15, -0.1) is 0 Å². The Hall–Kier alpha value is -3.56. The van der Waals surface area contributed by atoms with Gasteiger partial charge in [-0.2, -0.15) is 0 Å². The lowest BCUT2D eigenvalue weighted by Gasteiger charge is -2.34. The molecule has 1 N–H and O–H groups in total. The van der Waals surface area contributed by atoms with E-state index in [1.54, 1.807) is 42.5 Å². The second-order valence-corrected chi connectivity index (χ2v) is 14.5. The van der Waals surface area contributed by atoms with Crippen molar-refractivity contribution >= 4 is 62.3 Å². The first-order chi connectivity index (χ1) is 21.8. The van der Waals surface area contributed by atoms with Crippen molar-refractivity contribution in [3.63, 3.8) is 0 Å². The largest absolute Gasteiger partial charge is 0.354 e. The maximum absolute atomic E-state index is 14.5. The number of carbonyl (C=O) groups excluding carboxylic acids is 2. The molecule has 0 aliphatic carbocycles. The van der Waals surface area contributed by atoms with E-state index in [9.17, 15) is 18.0 Å². The minimum Gasteiger partial charge on any atom is -0.354 e. The van der Waals surface area contributed by atoms with Gasteiger partial charge in [0.05, 0.1) is 20.6 Å². The molecule has 2 amide bonds. The summed E-state index contributed by atoms with van der Waals surface area (Å²) in [5.41, 5.74) is 2.68. The highest BCUT2D eigenvalue weighted by Gasteiger charge is 2.34. The summed E-state index contributed by atoms with van der Waals surface area (Å²) in [5.74, 6) is -0.764. The molecule has 0 aromatic heterocycles. The Labute approximate surface area is 286 Å². The molecule has 0 saturated heterocycles. The Morgan fingerprint density at radius 2 is 1.46 bits per heavy atom. The number of benzene rings is 4. The first-order valence-corrected chi connectivity index (χ1v) is 17.3. The fraction of sp³-hybridized carbons (Fsp3) is 0.257. The molecule has 46 heavy (non-hydrogen) atoms. The second kappa shape index (κ2) is 15.8. The Kier molecular flexibility index (Phi) is 12.1. The van der Waals surface area contributed by atoms with Crippen molar-refractivity contribution in [1.29, 1.82) is 0 Å². The summed E-state index contributed by atoms with van der Waals surface area (Å²) >= 11 is 18.6.